The maximum absolute atomic E-state index is 13.5. The molecular formula is C32H30F4N2O4S. The number of allylic oxidation sites excluding steroid dienone is 1. The summed E-state index contributed by atoms with van der Waals surface area (Å²) < 4.78 is 73.0. The van der Waals surface area contributed by atoms with Gasteiger partial charge in [-0.15, -0.1) is 0 Å². The average Bonchev–Trinajstić information content (AvgIpc) is 2.97. The third-order valence-electron chi connectivity index (χ3n) is 7.27. The van der Waals surface area contributed by atoms with Gasteiger partial charge in [0.05, 0.1) is 17.8 Å². The number of phenolic OH excluding ortho intramolecular Hbond substituents is 1. The van der Waals surface area contributed by atoms with Crippen LogP contribution >= 0.6 is 12.0 Å². The highest BCUT2D eigenvalue weighted by Gasteiger charge is 2.35. The van der Waals surface area contributed by atoms with E-state index in [2.05, 4.69) is 16.5 Å². The topological polar surface area (TPSA) is 75.0 Å². The average molecular weight is 615 g/mol. The number of hydrogen-bond donors (Lipinski definition) is 2. The van der Waals surface area contributed by atoms with E-state index in [4.69, 9.17) is 14.0 Å². The number of ether oxygens (including phenoxy) is 2. The Balaban J connectivity index is 0.000000682. The van der Waals surface area contributed by atoms with Crippen LogP contribution in [0.5, 0.6) is 17.2 Å². The molecule has 11 heteroatoms. The minimum absolute atomic E-state index is 0.0633. The van der Waals surface area contributed by atoms with E-state index in [0.717, 1.165) is 46.6 Å². The number of alkyl halides is 4. The largest absolute Gasteiger partial charge is 0.508 e. The molecule has 1 atom stereocenters. The van der Waals surface area contributed by atoms with Crippen molar-refractivity contribution in [3.05, 3.63) is 95.0 Å². The third kappa shape index (κ3) is 6.90. The predicted molar refractivity (Wildman–Crippen MR) is 159 cm³/mol. The first-order valence-corrected chi connectivity index (χ1v) is 14.3. The second-order valence-electron chi connectivity index (χ2n) is 10.5. The first-order valence-electron chi connectivity index (χ1n) is 13.5. The fourth-order valence-corrected chi connectivity index (χ4v) is 5.13. The summed E-state index contributed by atoms with van der Waals surface area (Å²) in [7, 11) is 0. The highest BCUT2D eigenvalue weighted by Crippen LogP contribution is 2.48. The van der Waals surface area contributed by atoms with Gasteiger partial charge in [0.1, 0.15) is 23.9 Å². The molecule has 0 bridgehead atoms. The summed E-state index contributed by atoms with van der Waals surface area (Å²) in [6.45, 7) is 7.50. The zero-order valence-corrected chi connectivity index (χ0v) is 24.1. The van der Waals surface area contributed by atoms with Crippen molar-refractivity contribution in [3.63, 3.8) is 0 Å². The van der Waals surface area contributed by atoms with Crippen molar-refractivity contribution in [2.75, 3.05) is 32.9 Å². The van der Waals surface area contributed by atoms with Crippen LogP contribution in [0.3, 0.4) is 0 Å². The second kappa shape index (κ2) is 12.8. The maximum Gasteiger partial charge on any atom is 0.416 e. The fourth-order valence-electron chi connectivity index (χ4n) is 5.13. The Labute approximate surface area is 250 Å². The standard InChI is InChI=1S/C29H24F4N2O3.C3H6OS/c30-13-17-15-35(16-17)9-10-37-21-5-1-18(2-6-21)28-27-23-8-4-20(36)12-25(23)34-14-24(27)22-7-3-19(29(31,32)33)11-26(22)38-28;1-3(2)5-4/h1-8,11-12,14,17,28,36H,9-10,13,15-16H2;4H,1H2,2H3. The highest BCUT2D eigenvalue weighted by atomic mass is 32.2. The van der Waals surface area contributed by atoms with E-state index >= 15 is 0 Å². The Hall–Kier alpha value is -3.80. The minimum Gasteiger partial charge on any atom is -0.508 e. The van der Waals surface area contributed by atoms with Gasteiger partial charge >= 0.3 is 6.18 Å². The number of nitrogens with zero attached hydrogens (tertiary/aromatic N) is 2. The van der Waals surface area contributed by atoms with Gasteiger partial charge in [-0.05, 0) is 55.0 Å². The lowest BCUT2D eigenvalue weighted by Crippen LogP contribution is -2.49. The quantitative estimate of drug-likeness (QED) is 0.161. The smallest absolute Gasteiger partial charge is 0.416 e. The summed E-state index contributed by atoms with van der Waals surface area (Å²) in [5.74, 6) is 0.962. The number of halogens is 4. The van der Waals surface area contributed by atoms with E-state index in [0.29, 0.717) is 47.6 Å². The summed E-state index contributed by atoms with van der Waals surface area (Å²) in [5.41, 5.74) is 2.44. The number of aromatic nitrogens is 1. The SMILES string of the molecule is C=C(C)SO.Oc1ccc2c3c(cnc2c1)-c1ccc(C(F)(F)F)cc1OC3c1ccc(OCCN2CC(CF)C2)cc1. The lowest BCUT2D eigenvalue weighted by molar-refractivity contribution is -0.137. The van der Waals surface area contributed by atoms with Crippen LogP contribution in [-0.4, -0.2) is 52.5 Å². The molecule has 43 heavy (non-hydrogen) atoms. The molecule has 0 amide bonds. The molecule has 3 aromatic carbocycles. The number of benzene rings is 3. The van der Waals surface area contributed by atoms with Gasteiger partial charge in [-0.2, -0.15) is 13.2 Å². The predicted octanol–water partition coefficient (Wildman–Crippen LogP) is 8.11. The molecule has 2 N–H and O–H groups in total. The molecule has 6 nitrogen and oxygen atoms in total. The van der Waals surface area contributed by atoms with E-state index in [9.17, 15) is 22.7 Å². The van der Waals surface area contributed by atoms with Crippen molar-refractivity contribution in [1.29, 1.82) is 0 Å². The summed E-state index contributed by atoms with van der Waals surface area (Å²) in [6.07, 6.45) is -3.60. The van der Waals surface area contributed by atoms with Crippen molar-refractivity contribution in [2.45, 2.75) is 19.2 Å². The van der Waals surface area contributed by atoms with E-state index in [1.165, 1.54) is 6.07 Å². The normalized spacial score (nSPS) is 16.3. The van der Waals surface area contributed by atoms with E-state index < -0.39 is 17.8 Å². The minimum atomic E-state index is -4.50. The molecule has 3 heterocycles. The van der Waals surface area contributed by atoms with Crippen LogP contribution in [0.4, 0.5) is 17.6 Å². The molecule has 2 aliphatic heterocycles. The Morgan fingerprint density at radius 2 is 1.81 bits per heavy atom. The molecule has 0 radical (unpaired) electrons. The first-order chi connectivity index (χ1) is 20.6. The van der Waals surface area contributed by atoms with Crippen LogP contribution in [-0.2, 0) is 6.18 Å². The van der Waals surface area contributed by atoms with Crippen molar-refractivity contribution < 1.29 is 36.7 Å². The Morgan fingerprint density at radius 3 is 2.47 bits per heavy atom. The number of rotatable bonds is 7. The molecule has 226 valence electrons. The Bertz CT molecular complexity index is 1610. The molecule has 1 saturated heterocycles. The summed E-state index contributed by atoms with van der Waals surface area (Å²) >= 11 is 0.685. The molecule has 1 aromatic heterocycles. The molecule has 4 aromatic rings. The Morgan fingerprint density at radius 1 is 1.09 bits per heavy atom. The van der Waals surface area contributed by atoms with Crippen molar-refractivity contribution in [3.8, 4) is 28.4 Å². The van der Waals surface area contributed by atoms with Crippen LogP contribution < -0.4 is 9.47 Å². The number of phenols is 1. The fraction of sp³-hybridized carbons (Fsp3) is 0.281. The van der Waals surface area contributed by atoms with Crippen molar-refractivity contribution in [1.82, 2.24) is 9.88 Å². The van der Waals surface area contributed by atoms with Gasteiger partial charge in [0.25, 0.3) is 0 Å². The number of fused-ring (bicyclic) bond motifs is 5. The summed E-state index contributed by atoms with van der Waals surface area (Å²) in [4.78, 5) is 7.32. The number of likely N-dealkylation sites (tertiary alicyclic amines) is 1. The van der Waals surface area contributed by atoms with E-state index in [-0.39, 0.29) is 24.1 Å². The molecule has 0 spiro atoms. The van der Waals surface area contributed by atoms with Gasteiger partial charge in [-0.1, -0.05) is 18.7 Å². The van der Waals surface area contributed by atoms with Gasteiger partial charge in [0.15, 0.2) is 6.10 Å². The molecule has 2 aliphatic rings. The molecule has 1 unspecified atom stereocenters. The van der Waals surface area contributed by atoms with E-state index in [1.54, 1.807) is 43.5 Å². The number of pyridine rings is 1. The maximum atomic E-state index is 13.5. The zero-order valence-electron chi connectivity index (χ0n) is 23.3. The second-order valence-corrected chi connectivity index (χ2v) is 11.4. The number of hydrogen-bond acceptors (Lipinski definition) is 7. The molecular weight excluding hydrogens is 584 g/mol. The number of aromatic hydroxyl groups is 1. The van der Waals surface area contributed by atoms with Crippen molar-refractivity contribution >= 4 is 22.9 Å². The van der Waals surface area contributed by atoms with Crippen LogP contribution in [0.2, 0.25) is 0 Å². The molecule has 1 fully saturated rings. The van der Waals surface area contributed by atoms with Gasteiger partial charge in [0, 0.05) is 76.8 Å². The highest BCUT2D eigenvalue weighted by molar-refractivity contribution is 7.97. The van der Waals surface area contributed by atoms with Crippen LogP contribution in [0.15, 0.2) is 78.3 Å². The first kappa shape index (κ1) is 30.7. The van der Waals surface area contributed by atoms with Gasteiger partial charge in [-0.25, -0.2) is 0 Å². The lowest BCUT2D eigenvalue weighted by atomic mass is 9.87. The van der Waals surface area contributed by atoms with Crippen molar-refractivity contribution in [2.24, 2.45) is 5.92 Å². The molecule has 0 aliphatic carbocycles. The Kier molecular flexibility index (Phi) is 9.14. The van der Waals surface area contributed by atoms with E-state index in [1.807, 2.05) is 12.1 Å². The monoisotopic (exact) mass is 614 g/mol. The lowest BCUT2D eigenvalue weighted by Gasteiger charge is -2.37. The van der Waals surface area contributed by atoms with Crippen LogP contribution in [0, 0.1) is 5.92 Å². The van der Waals surface area contributed by atoms with Crippen LogP contribution in [0.25, 0.3) is 22.0 Å². The molecule has 6 rings (SSSR count). The van der Waals surface area contributed by atoms with Gasteiger partial charge in [0.2, 0.25) is 0 Å². The summed E-state index contributed by atoms with van der Waals surface area (Å²) in [6, 6.07) is 15.6. The van der Waals surface area contributed by atoms with Crippen LogP contribution in [0.1, 0.15) is 29.7 Å². The zero-order chi connectivity index (χ0) is 30.7. The van der Waals surface area contributed by atoms with Gasteiger partial charge < -0.3 is 19.1 Å². The third-order valence-corrected chi connectivity index (χ3v) is 7.58. The summed E-state index contributed by atoms with van der Waals surface area (Å²) in [5, 5.41) is 10.7. The molecule has 0 saturated carbocycles. The van der Waals surface area contributed by atoms with Gasteiger partial charge in [-0.3, -0.25) is 14.3 Å².